The fourth-order valence-electron chi connectivity index (χ4n) is 1.60. The van der Waals surface area contributed by atoms with Crippen molar-refractivity contribution < 1.29 is 4.79 Å². The van der Waals surface area contributed by atoms with Crippen molar-refractivity contribution >= 4 is 39.3 Å². The molecule has 20 heavy (non-hydrogen) atoms. The van der Waals surface area contributed by atoms with Crippen molar-refractivity contribution in [2.45, 2.75) is 6.54 Å². The number of pyridine rings is 1. The highest BCUT2D eigenvalue weighted by Crippen LogP contribution is 2.19. The maximum atomic E-state index is 12.0. The normalized spacial score (nSPS) is 10.2. The van der Waals surface area contributed by atoms with Crippen molar-refractivity contribution in [3.8, 4) is 0 Å². The van der Waals surface area contributed by atoms with Gasteiger partial charge in [0.2, 0.25) is 0 Å². The molecule has 4 N–H and O–H groups in total. The Balaban J connectivity index is 2.03. The monoisotopic (exact) mass is 354 g/mol. The Morgan fingerprint density at radius 2 is 2.20 bits per heavy atom. The highest BCUT2D eigenvalue weighted by atomic mass is 79.9. The minimum absolute atomic E-state index is 0.247. The first-order chi connectivity index (χ1) is 9.60. The molecule has 1 aromatic carbocycles. The average Bonchev–Trinajstić information content (AvgIpc) is 2.44. The molecule has 0 atom stereocenters. The smallest absolute Gasteiger partial charge is 0.253 e. The maximum Gasteiger partial charge on any atom is 0.253 e. The number of carbonyl (C=O) groups excluding carboxylic acids is 1. The number of nitrogens with one attached hydrogen (secondary N) is 2. The van der Waals surface area contributed by atoms with Gasteiger partial charge in [-0.2, -0.15) is 0 Å². The number of anilines is 1. The van der Waals surface area contributed by atoms with Gasteiger partial charge in [-0.05, 0) is 23.8 Å². The van der Waals surface area contributed by atoms with Gasteiger partial charge in [0.25, 0.3) is 5.91 Å². The molecule has 0 fully saturated rings. The molecule has 104 valence electrons. The van der Waals surface area contributed by atoms with E-state index in [1.807, 2.05) is 24.3 Å². The van der Waals surface area contributed by atoms with Crippen molar-refractivity contribution in [3.05, 3.63) is 57.2 Å². The fraction of sp³-hybridized carbons (Fsp3) is 0.0769. The SMILES string of the molecule is NNc1ncc(C(=O)NCc2cccc(Br)c2)cc1Cl. The molecular formula is C13H12BrClN4O. The van der Waals surface area contributed by atoms with Gasteiger partial charge in [-0.3, -0.25) is 4.79 Å². The number of aromatic nitrogens is 1. The van der Waals surface area contributed by atoms with E-state index < -0.39 is 0 Å². The number of nitrogens with two attached hydrogens (primary N) is 1. The summed E-state index contributed by atoms with van der Waals surface area (Å²) in [6, 6.07) is 9.21. The predicted molar refractivity (Wildman–Crippen MR) is 82.4 cm³/mol. The van der Waals surface area contributed by atoms with E-state index in [0.717, 1.165) is 10.0 Å². The van der Waals surface area contributed by atoms with E-state index >= 15 is 0 Å². The first-order valence-corrected chi connectivity index (χ1v) is 6.92. The average molecular weight is 356 g/mol. The Bertz CT molecular complexity index is 636. The van der Waals surface area contributed by atoms with Crippen molar-refractivity contribution in [2.24, 2.45) is 5.84 Å². The van der Waals surface area contributed by atoms with Gasteiger partial charge >= 0.3 is 0 Å². The maximum absolute atomic E-state index is 12.0. The van der Waals surface area contributed by atoms with Gasteiger partial charge in [0.05, 0.1) is 10.6 Å². The van der Waals surface area contributed by atoms with E-state index in [1.165, 1.54) is 12.3 Å². The molecule has 0 spiro atoms. The van der Waals surface area contributed by atoms with Crippen LogP contribution in [0.4, 0.5) is 5.82 Å². The molecule has 2 aromatic rings. The lowest BCUT2D eigenvalue weighted by atomic mass is 10.2. The number of carbonyl (C=O) groups is 1. The standard InChI is InChI=1S/C13H12BrClN4O/c14-10-3-1-2-8(4-10)6-18-13(20)9-5-11(15)12(19-16)17-7-9/h1-5,7H,6,16H2,(H,17,19)(H,18,20). The molecule has 0 saturated carbocycles. The number of hydrogen-bond donors (Lipinski definition) is 3. The minimum atomic E-state index is -0.247. The molecule has 0 saturated heterocycles. The first kappa shape index (κ1) is 14.8. The highest BCUT2D eigenvalue weighted by molar-refractivity contribution is 9.10. The number of amides is 1. The Labute approximate surface area is 129 Å². The molecular weight excluding hydrogens is 344 g/mol. The lowest BCUT2D eigenvalue weighted by Crippen LogP contribution is -2.23. The molecule has 1 heterocycles. The van der Waals surface area contributed by atoms with Gasteiger partial charge in [-0.15, -0.1) is 0 Å². The Morgan fingerprint density at radius 3 is 2.85 bits per heavy atom. The van der Waals surface area contributed by atoms with E-state index in [1.54, 1.807) is 0 Å². The van der Waals surface area contributed by atoms with Gasteiger partial charge in [-0.1, -0.05) is 39.7 Å². The van der Waals surface area contributed by atoms with Crippen LogP contribution in [-0.2, 0) is 6.54 Å². The summed E-state index contributed by atoms with van der Waals surface area (Å²) in [7, 11) is 0. The quantitative estimate of drug-likeness (QED) is 0.582. The molecule has 0 aliphatic rings. The summed E-state index contributed by atoms with van der Waals surface area (Å²) in [5.41, 5.74) is 3.72. The molecule has 0 bridgehead atoms. The van der Waals surface area contributed by atoms with Crippen LogP contribution in [0.1, 0.15) is 15.9 Å². The van der Waals surface area contributed by atoms with E-state index in [9.17, 15) is 4.79 Å². The van der Waals surface area contributed by atoms with Crippen molar-refractivity contribution in [2.75, 3.05) is 5.43 Å². The number of benzene rings is 1. The summed E-state index contributed by atoms with van der Waals surface area (Å²) >= 11 is 9.30. The molecule has 7 heteroatoms. The van der Waals surface area contributed by atoms with Crippen LogP contribution in [0.25, 0.3) is 0 Å². The first-order valence-electron chi connectivity index (χ1n) is 5.75. The third kappa shape index (κ3) is 3.69. The number of nitrogen functional groups attached to an aromatic ring is 1. The summed E-state index contributed by atoms with van der Waals surface area (Å²) < 4.78 is 0.965. The summed E-state index contributed by atoms with van der Waals surface area (Å²) in [4.78, 5) is 15.9. The van der Waals surface area contributed by atoms with Gasteiger partial charge in [0.15, 0.2) is 5.82 Å². The predicted octanol–water partition coefficient (Wildman–Crippen LogP) is 2.71. The van der Waals surface area contributed by atoms with E-state index in [4.69, 9.17) is 17.4 Å². The van der Waals surface area contributed by atoms with E-state index in [-0.39, 0.29) is 5.91 Å². The molecule has 0 unspecified atom stereocenters. The molecule has 5 nitrogen and oxygen atoms in total. The van der Waals surface area contributed by atoms with Crippen LogP contribution < -0.4 is 16.6 Å². The van der Waals surface area contributed by atoms with Gasteiger partial charge in [0.1, 0.15) is 0 Å². The fourth-order valence-corrected chi connectivity index (χ4v) is 2.27. The Morgan fingerprint density at radius 1 is 1.40 bits per heavy atom. The zero-order valence-corrected chi connectivity index (χ0v) is 12.7. The second-order valence-electron chi connectivity index (χ2n) is 4.01. The van der Waals surface area contributed by atoms with Crippen molar-refractivity contribution in [3.63, 3.8) is 0 Å². The summed E-state index contributed by atoms with van der Waals surface area (Å²) in [5, 5.41) is 3.09. The Kier molecular flexibility index (Phi) is 4.94. The summed E-state index contributed by atoms with van der Waals surface area (Å²) in [6.45, 7) is 0.423. The zero-order chi connectivity index (χ0) is 14.5. The van der Waals surface area contributed by atoms with Gasteiger partial charge < -0.3 is 10.7 Å². The zero-order valence-electron chi connectivity index (χ0n) is 10.4. The summed E-state index contributed by atoms with van der Waals surface area (Å²) in [5.74, 6) is 5.31. The third-order valence-electron chi connectivity index (χ3n) is 2.58. The van der Waals surface area contributed by atoms with Crippen LogP contribution in [0, 0.1) is 0 Å². The summed E-state index contributed by atoms with van der Waals surface area (Å²) in [6.07, 6.45) is 1.41. The second-order valence-corrected chi connectivity index (χ2v) is 5.33. The van der Waals surface area contributed by atoms with Crippen LogP contribution in [0.3, 0.4) is 0 Å². The highest BCUT2D eigenvalue weighted by Gasteiger charge is 2.09. The van der Waals surface area contributed by atoms with Crippen LogP contribution in [-0.4, -0.2) is 10.9 Å². The number of nitrogens with zero attached hydrogens (tertiary/aromatic N) is 1. The van der Waals surface area contributed by atoms with Gasteiger partial charge in [0, 0.05) is 17.2 Å². The molecule has 2 rings (SSSR count). The lowest BCUT2D eigenvalue weighted by Gasteiger charge is -2.07. The van der Waals surface area contributed by atoms with Crippen LogP contribution in [0.15, 0.2) is 41.0 Å². The third-order valence-corrected chi connectivity index (χ3v) is 3.36. The molecule has 0 aliphatic carbocycles. The number of hydrogen-bond acceptors (Lipinski definition) is 4. The second kappa shape index (κ2) is 6.69. The molecule has 1 aromatic heterocycles. The minimum Gasteiger partial charge on any atom is -0.348 e. The van der Waals surface area contributed by atoms with Gasteiger partial charge in [-0.25, -0.2) is 10.8 Å². The number of rotatable bonds is 4. The molecule has 1 amide bonds. The Hall–Kier alpha value is -1.63. The van der Waals surface area contributed by atoms with Crippen LogP contribution >= 0.6 is 27.5 Å². The van der Waals surface area contributed by atoms with E-state index in [0.29, 0.717) is 22.9 Å². The van der Waals surface area contributed by atoms with Crippen LogP contribution in [0.2, 0.25) is 5.02 Å². The molecule has 0 aliphatic heterocycles. The largest absolute Gasteiger partial charge is 0.348 e. The lowest BCUT2D eigenvalue weighted by molar-refractivity contribution is 0.0950. The van der Waals surface area contributed by atoms with Crippen LogP contribution in [0.5, 0.6) is 0 Å². The number of halogens is 2. The van der Waals surface area contributed by atoms with Crippen molar-refractivity contribution in [1.29, 1.82) is 0 Å². The van der Waals surface area contributed by atoms with Crippen molar-refractivity contribution in [1.82, 2.24) is 10.3 Å². The molecule has 0 radical (unpaired) electrons. The number of hydrazine groups is 1. The van der Waals surface area contributed by atoms with E-state index in [2.05, 4.69) is 31.7 Å². The topological polar surface area (TPSA) is 80.0 Å².